The summed E-state index contributed by atoms with van der Waals surface area (Å²) in [6, 6.07) is 7.82. The van der Waals surface area contributed by atoms with Crippen molar-refractivity contribution in [1.29, 1.82) is 0 Å². The topological polar surface area (TPSA) is 70.2 Å². The highest BCUT2D eigenvalue weighted by atomic mass is 32.2. The third-order valence-corrected chi connectivity index (χ3v) is 5.54. The molecule has 2 amide bonds. The molecule has 0 aromatic heterocycles. The number of hydrogen-bond acceptors (Lipinski definition) is 6. The predicted octanol–water partition coefficient (Wildman–Crippen LogP) is 2.64. The SMILES string of the molecule is CN(C)CCN(CC(=O)OC(C)(C)C)C(=O)CCC(=O)N1CCSc2ccccc21. The first-order valence-corrected chi connectivity index (χ1v) is 11.2. The van der Waals surface area contributed by atoms with Gasteiger partial charge in [0.05, 0.1) is 5.69 Å². The Bertz CT molecular complexity index is 761. The summed E-state index contributed by atoms with van der Waals surface area (Å²) in [5.74, 6) is 0.115. The van der Waals surface area contributed by atoms with E-state index in [1.165, 1.54) is 4.90 Å². The van der Waals surface area contributed by atoms with Crippen LogP contribution in [0.25, 0.3) is 0 Å². The van der Waals surface area contributed by atoms with Crippen molar-refractivity contribution < 1.29 is 19.1 Å². The van der Waals surface area contributed by atoms with E-state index in [-0.39, 0.29) is 31.2 Å². The molecule has 0 saturated carbocycles. The molecule has 0 bridgehead atoms. The maximum Gasteiger partial charge on any atom is 0.326 e. The molecule has 7 nitrogen and oxygen atoms in total. The Morgan fingerprint density at radius 1 is 1.10 bits per heavy atom. The molecule has 0 aliphatic carbocycles. The normalized spacial score (nSPS) is 13.7. The van der Waals surface area contributed by atoms with Crippen molar-refractivity contribution in [3.63, 3.8) is 0 Å². The van der Waals surface area contributed by atoms with E-state index < -0.39 is 11.6 Å². The van der Waals surface area contributed by atoms with E-state index in [0.29, 0.717) is 19.6 Å². The number of likely N-dealkylation sites (N-methyl/N-ethyl adjacent to an activating group) is 1. The fraction of sp³-hybridized carbons (Fsp3) is 0.591. The highest BCUT2D eigenvalue weighted by Gasteiger charge is 2.26. The zero-order chi connectivity index (χ0) is 22.3. The molecule has 0 radical (unpaired) electrons. The number of ether oxygens (including phenoxy) is 1. The molecule has 0 unspecified atom stereocenters. The average Bonchev–Trinajstić information content (AvgIpc) is 2.67. The number of rotatable bonds is 8. The summed E-state index contributed by atoms with van der Waals surface area (Å²) < 4.78 is 5.36. The number of fused-ring (bicyclic) bond motifs is 1. The zero-order valence-corrected chi connectivity index (χ0v) is 19.5. The van der Waals surface area contributed by atoms with Crippen LogP contribution in [0.2, 0.25) is 0 Å². The van der Waals surface area contributed by atoms with Gasteiger partial charge >= 0.3 is 5.97 Å². The lowest BCUT2D eigenvalue weighted by Crippen LogP contribution is -2.42. The number of para-hydroxylation sites is 1. The van der Waals surface area contributed by atoms with Crippen LogP contribution >= 0.6 is 11.8 Å². The Hall–Kier alpha value is -2.06. The van der Waals surface area contributed by atoms with Gasteiger partial charge in [0.15, 0.2) is 0 Å². The molecule has 0 saturated heterocycles. The number of nitrogens with zero attached hydrogens (tertiary/aromatic N) is 3. The number of carbonyl (C=O) groups is 3. The standard InChI is InChI=1S/C22H33N3O4S/c1-22(2,3)29-21(28)16-24(13-12-23(4)5)19(26)10-11-20(27)25-14-15-30-18-9-7-6-8-17(18)25/h6-9H,10-16H2,1-5H3. The zero-order valence-electron chi connectivity index (χ0n) is 18.6. The lowest BCUT2D eigenvalue weighted by molar-refractivity contribution is -0.159. The summed E-state index contributed by atoms with van der Waals surface area (Å²) >= 11 is 1.73. The van der Waals surface area contributed by atoms with E-state index in [9.17, 15) is 14.4 Å². The van der Waals surface area contributed by atoms with Crippen LogP contribution in [-0.4, -0.2) is 79.2 Å². The van der Waals surface area contributed by atoms with Crippen LogP contribution in [0.3, 0.4) is 0 Å². The molecule has 1 heterocycles. The van der Waals surface area contributed by atoms with Gasteiger partial charge in [-0.3, -0.25) is 14.4 Å². The number of benzene rings is 1. The molecule has 166 valence electrons. The minimum atomic E-state index is -0.608. The summed E-state index contributed by atoms with van der Waals surface area (Å²) in [7, 11) is 3.82. The molecule has 1 aliphatic rings. The Morgan fingerprint density at radius 3 is 2.47 bits per heavy atom. The molecule has 0 atom stereocenters. The van der Waals surface area contributed by atoms with Gasteiger partial charge in [0.25, 0.3) is 0 Å². The van der Waals surface area contributed by atoms with E-state index in [2.05, 4.69) is 0 Å². The van der Waals surface area contributed by atoms with Gasteiger partial charge in [-0.05, 0) is 47.0 Å². The van der Waals surface area contributed by atoms with Crippen molar-refractivity contribution in [3.05, 3.63) is 24.3 Å². The Kier molecular flexibility index (Phi) is 8.73. The van der Waals surface area contributed by atoms with Crippen molar-refractivity contribution >= 4 is 35.2 Å². The van der Waals surface area contributed by atoms with E-state index in [0.717, 1.165) is 16.3 Å². The summed E-state index contributed by atoms with van der Waals surface area (Å²) in [5.41, 5.74) is 0.299. The number of thioether (sulfide) groups is 1. The molecule has 1 aliphatic heterocycles. The van der Waals surface area contributed by atoms with Gasteiger partial charge in [0.1, 0.15) is 12.1 Å². The quantitative estimate of drug-likeness (QED) is 0.585. The lowest BCUT2D eigenvalue weighted by Gasteiger charge is -2.29. The van der Waals surface area contributed by atoms with Crippen LogP contribution in [0.5, 0.6) is 0 Å². The Balaban J connectivity index is 1.97. The van der Waals surface area contributed by atoms with Crippen molar-refractivity contribution in [2.75, 3.05) is 50.9 Å². The van der Waals surface area contributed by atoms with Crippen LogP contribution in [0, 0.1) is 0 Å². The molecule has 2 rings (SSSR count). The average molecular weight is 436 g/mol. The fourth-order valence-corrected chi connectivity index (χ4v) is 4.07. The van der Waals surface area contributed by atoms with Gasteiger partial charge < -0.3 is 19.4 Å². The van der Waals surface area contributed by atoms with Crippen molar-refractivity contribution in [2.24, 2.45) is 0 Å². The molecule has 0 fully saturated rings. The second-order valence-electron chi connectivity index (χ2n) is 8.57. The summed E-state index contributed by atoms with van der Waals surface area (Å²) in [6.45, 7) is 6.94. The van der Waals surface area contributed by atoms with Gasteiger partial charge in [-0.2, -0.15) is 0 Å². The van der Waals surface area contributed by atoms with E-state index in [1.807, 2.05) is 43.3 Å². The van der Waals surface area contributed by atoms with Gasteiger partial charge in [0, 0.05) is 43.1 Å². The Labute approximate surface area is 183 Å². The highest BCUT2D eigenvalue weighted by Crippen LogP contribution is 2.34. The second-order valence-corrected chi connectivity index (χ2v) is 9.70. The second kappa shape index (κ2) is 10.8. The van der Waals surface area contributed by atoms with Gasteiger partial charge in [-0.1, -0.05) is 12.1 Å². The molecule has 0 N–H and O–H groups in total. The van der Waals surface area contributed by atoms with Crippen molar-refractivity contribution in [1.82, 2.24) is 9.80 Å². The van der Waals surface area contributed by atoms with Crippen LogP contribution in [-0.2, 0) is 19.1 Å². The van der Waals surface area contributed by atoms with Crippen LogP contribution in [0.4, 0.5) is 5.69 Å². The van der Waals surface area contributed by atoms with Gasteiger partial charge in [-0.25, -0.2) is 0 Å². The molecular formula is C22H33N3O4S. The molecule has 8 heteroatoms. The fourth-order valence-electron chi connectivity index (χ4n) is 3.08. The summed E-state index contributed by atoms with van der Waals surface area (Å²) in [5, 5.41) is 0. The number of carbonyl (C=O) groups excluding carboxylic acids is 3. The molecule has 1 aromatic rings. The van der Waals surface area contributed by atoms with Gasteiger partial charge in [-0.15, -0.1) is 11.8 Å². The number of anilines is 1. The first-order valence-electron chi connectivity index (χ1n) is 10.2. The van der Waals surface area contributed by atoms with Crippen LogP contribution < -0.4 is 4.90 Å². The maximum atomic E-state index is 12.8. The van der Waals surface area contributed by atoms with Crippen molar-refractivity contribution in [3.8, 4) is 0 Å². The third kappa shape index (κ3) is 7.65. The molecule has 1 aromatic carbocycles. The molecule has 0 spiro atoms. The van der Waals surface area contributed by atoms with Crippen molar-refractivity contribution in [2.45, 2.75) is 44.1 Å². The van der Waals surface area contributed by atoms with Crippen LogP contribution in [0.15, 0.2) is 29.2 Å². The van der Waals surface area contributed by atoms with E-state index in [1.54, 1.807) is 37.4 Å². The number of hydrogen-bond donors (Lipinski definition) is 0. The third-order valence-electron chi connectivity index (χ3n) is 4.49. The monoisotopic (exact) mass is 435 g/mol. The number of amides is 2. The maximum absolute atomic E-state index is 12.8. The first kappa shape index (κ1) is 24.2. The lowest BCUT2D eigenvalue weighted by atomic mass is 10.2. The summed E-state index contributed by atoms with van der Waals surface area (Å²) in [4.78, 5) is 44.1. The first-order chi connectivity index (χ1) is 14.1. The minimum absolute atomic E-state index is 0.0686. The largest absolute Gasteiger partial charge is 0.459 e. The highest BCUT2D eigenvalue weighted by molar-refractivity contribution is 7.99. The van der Waals surface area contributed by atoms with E-state index >= 15 is 0 Å². The van der Waals surface area contributed by atoms with E-state index in [4.69, 9.17) is 4.74 Å². The van der Waals surface area contributed by atoms with Crippen LogP contribution in [0.1, 0.15) is 33.6 Å². The Morgan fingerprint density at radius 2 is 1.80 bits per heavy atom. The minimum Gasteiger partial charge on any atom is -0.459 e. The molecule has 30 heavy (non-hydrogen) atoms. The summed E-state index contributed by atoms with van der Waals surface area (Å²) in [6.07, 6.45) is 0.186. The predicted molar refractivity (Wildman–Crippen MR) is 120 cm³/mol. The number of esters is 1. The van der Waals surface area contributed by atoms with Gasteiger partial charge in [0.2, 0.25) is 11.8 Å². The smallest absolute Gasteiger partial charge is 0.326 e. The molecular weight excluding hydrogens is 402 g/mol.